The van der Waals surface area contributed by atoms with E-state index in [4.69, 9.17) is 0 Å². The molecule has 45 valence electrons. The van der Waals surface area contributed by atoms with Gasteiger partial charge in [-0.3, -0.25) is 0 Å². The largest absolute Gasteiger partial charge is 0.337 e. The van der Waals surface area contributed by atoms with E-state index in [0.717, 1.165) is 5.57 Å². The van der Waals surface area contributed by atoms with Crippen LogP contribution in [0.1, 0.15) is 6.92 Å². The molecule has 0 rings (SSSR count). The molecule has 0 aromatic heterocycles. The van der Waals surface area contributed by atoms with Crippen LogP contribution in [0.3, 0.4) is 0 Å². The quantitative estimate of drug-likeness (QED) is 0.424. The second-order valence-electron chi connectivity index (χ2n) is 1.49. The van der Waals surface area contributed by atoms with Gasteiger partial charge in [0.15, 0.2) is 0 Å². The summed E-state index contributed by atoms with van der Waals surface area (Å²) in [6.45, 7) is 5.34. The van der Waals surface area contributed by atoms with Gasteiger partial charge in [0.1, 0.15) is 11.1 Å². The molecule has 0 heterocycles. The summed E-state index contributed by atoms with van der Waals surface area (Å²) in [6.07, 6.45) is 0. The molecular formula is C4H7O2SSi. The molecule has 4 heteroatoms. The van der Waals surface area contributed by atoms with Crippen molar-refractivity contribution in [1.82, 2.24) is 0 Å². The van der Waals surface area contributed by atoms with Gasteiger partial charge in [-0.15, -0.1) is 0 Å². The Labute approximate surface area is 55.1 Å². The first kappa shape index (κ1) is 8.07. The van der Waals surface area contributed by atoms with E-state index >= 15 is 0 Å². The number of hydrogen-bond donors (Lipinski definition) is 0. The maximum absolute atomic E-state index is 10.4. The lowest BCUT2D eigenvalue weighted by Crippen LogP contribution is -1.99. The van der Waals surface area contributed by atoms with E-state index in [9.17, 15) is 4.21 Å². The third kappa shape index (κ3) is 4.23. The Balaban J connectivity index is 3.40. The Hall–Kier alpha value is 0.0669. The van der Waals surface area contributed by atoms with Crippen LogP contribution in [-0.4, -0.2) is 20.4 Å². The van der Waals surface area contributed by atoms with Crippen molar-refractivity contribution in [2.45, 2.75) is 6.92 Å². The van der Waals surface area contributed by atoms with E-state index in [2.05, 4.69) is 20.9 Å². The Morgan fingerprint density at radius 2 is 2.50 bits per heavy atom. The molecule has 8 heavy (non-hydrogen) atoms. The zero-order valence-electron chi connectivity index (χ0n) is 4.64. The van der Waals surface area contributed by atoms with Gasteiger partial charge in [-0.2, -0.15) is 0 Å². The van der Waals surface area contributed by atoms with Crippen molar-refractivity contribution in [3.63, 3.8) is 0 Å². The van der Waals surface area contributed by atoms with Crippen LogP contribution in [0.5, 0.6) is 0 Å². The van der Waals surface area contributed by atoms with Crippen LogP contribution in [0.25, 0.3) is 0 Å². The zero-order chi connectivity index (χ0) is 6.57. The summed E-state index contributed by atoms with van der Waals surface area (Å²) >= 11 is -1.24. The van der Waals surface area contributed by atoms with Crippen molar-refractivity contribution in [3.05, 3.63) is 12.2 Å². The number of rotatable bonds is 3. The first-order valence-corrected chi connectivity index (χ1v) is 3.69. The number of hydrogen-bond acceptors (Lipinski definition) is 2. The fraction of sp³-hybridized carbons (Fsp3) is 0.500. The minimum absolute atomic E-state index is 0.392. The summed E-state index contributed by atoms with van der Waals surface area (Å²) in [7, 11) is 2.65. The fourth-order valence-electron chi connectivity index (χ4n) is 0.231. The zero-order valence-corrected chi connectivity index (χ0v) is 6.46. The Kier molecular flexibility index (Phi) is 4.03. The topological polar surface area (TPSA) is 26.3 Å². The minimum Gasteiger partial charge on any atom is -0.337 e. The highest BCUT2D eigenvalue weighted by Gasteiger charge is 1.93. The summed E-state index contributed by atoms with van der Waals surface area (Å²) < 4.78 is 14.7. The molecule has 0 aromatic rings. The van der Waals surface area contributed by atoms with Gasteiger partial charge in [0.25, 0.3) is 10.5 Å². The predicted molar refractivity (Wildman–Crippen MR) is 34.7 cm³/mol. The second kappa shape index (κ2) is 4.00. The molecule has 1 atom stereocenters. The lowest BCUT2D eigenvalue weighted by Gasteiger charge is -1.94. The van der Waals surface area contributed by atoms with Crippen LogP contribution in [0.4, 0.5) is 0 Å². The molecule has 3 radical (unpaired) electrons. The molecular weight excluding hydrogens is 140 g/mol. The molecule has 0 aliphatic heterocycles. The third-order valence-corrected chi connectivity index (χ3v) is 1.93. The van der Waals surface area contributed by atoms with Gasteiger partial charge >= 0.3 is 0 Å². The van der Waals surface area contributed by atoms with Crippen molar-refractivity contribution in [2.24, 2.45) is 0 Å². The second-order valence-corrected chi connectivity index (χ2v) is 3.05. The lowest BCUT2D eigenvalue weighted by atomic mass is 10.4. The van der Waals surface area contributed by atoms with Crippen LogP contribution in [0.15, 0.2) is 12.2 Å². The molecule has 0 aliphatic rings. The fourth-order valence-corrected chi connectivity index (χ4v) is 0.869. The standard InChI is InChI=1S/C4H7O2SSi/c1-4(2)3-7(5)6-8/h1,3H2,2H3. The Bertz CT molecular complexity index is 113. The summed E-state index contributed by atoms with van der Waals surface area (Å²) in [6, 6.07) is 0. The summed E-state index contributed by atoms with van der Waals surface area (Å²) in [5, 5.41) is 0. The van der Waals surface area contributed by atoms with E-state index in [1.54, 1.807) is 6.92 Å². The molecule has 0 saturated carbocycles. The van der Waals surface area contributed by atoms with Crippen LogP contribution in [0.2, 0.25) is 0 Å². The average Bonchev–Trinajstić information content (AvgIpc) is 1.65. The van der Waals surface area contributed by atoms with Crippen LogP contribution in [0, 0.1) is 0 Å². The van der Waals surface area contributed by atoms with Crippen LogP contribution in [-0.2, 0) is 15.0 Å². The van der Waals surface area contributed by atoms with Gasteiger partial charge in [0.2, 0.25) is 0 Å². The van der Waals surface area contributed by atoms with Crippen LogP contribution < -0.4 is 0 Å². The molecule has 0 amide bonds. The molecule has 2 nitrogen and oxygen atoms in total. The van der Waals surface area contributed by atoms with Crippen LogP contribution >= 0.6 is 0 Å². The molecule has 0 saturated heterocycles. The molecule has 0 spiro atoms. The summed E-state index contributed by atoms with van der Waals surface area (Å²) in [5.41, 5.74) is 0.849. The first-order chi connectivity index (χ1) is 3.66. The normalized spacial score (nSPS) is 13.2. The van der Waals surface area contributed by atoms with Crippen molar-refractivity contribution >= 4 is 21.6 Å². The van der Waals surface area contributed by atoms with E-state index in [0.29, 0.717) is 5.75 Å². The minimum atomic E-state index is -1.24. The van der Waals surface area contributed by atoms with Gasteiger partial charge in [0.05, 0.1) is 5.75 Å². The summed E-state index contributed by atoms with van der Waals surface area (Å²) in [5.74, 6) is 0.392. The predicted octanol–water partition coefficient (Wildman–Crippen LogP) is 0.326. The molecule has 0 aliphatic carbocycles. The van der Waals surface area contributed by atoms with Gasteiger partial charge in [-0.25, -0.2) is 4.21 Å². The highest BCUT2D eigenvalue weighted by molar-refractivity contribution is 7.81. The van der Waals surface area contributed by atoms with Crippen molar-refractivity contribution in [2.75, 3.05) is 5.75 Å². The molecule has 0 N–H and O–H groups in total. The summed E-state index contributed by atoms with van der Waals surface area (Å²) in [4.78, 5) is 0. The Morgan fingerprint density at radius 3 is 2.62 bits per heavy atom. The van der Waals surface area contributed by atoms with Crippen molar-refractivity contribution < 1.29 is 8.08 Å². The van der Waals surface area contributed by atoms with Gasteiger partial charge in [-0.05, 0) is 6.92 Å². The van der Waals surface area contributed by atoms with Gasteiger partial charge in [0, 0.05) is 0 Å². The SMILES string of the molecule is C=C(C)CS(=O)O[Si]. The maximum Gasteiger partial charge on any atom is 0.272 e. The van der Waals surface area contributed by atoms with Gasteiger partial charge in [-0.1, -0.05) is 12.2 Å². The molecule has 0 fully saturated rings. The molecule has 0 bridgehead atoms. The highest BCUT2D eigenvalue weighted by atomic mass is 32.2. The van der Waals surface area contributed by atoms with E-state index in [1.807, 2.05) is 0 Å². The first-order valence-electron chi connectivity index (χ1n) is 2.03. The van der Waals surface area contributed by atoms with E-state index in [1.165, 1.54) is 0 Å². The Morgan fingerprint density at radius 1 is 2.00 bits per heavy atom. The van der Waals surface area contributed by atoms with E-state index < -0.39 is 11.1 Å². The lowest BCUT2D eigenvalue weighted by molar-refractivity contribution is 0.598. The monoisotopic (exact) mass is 147 g/mol. The van der Waals surface area contributed by atoms with Crippen molar-refractivity contribution in [3.8, 4) is 0 Å². The van der Waals surface area contributed by atoms with Crippen molar-refractivity contribution in [1.29, 1.82) is 0 Å². The average molecular weight is 147 g/mol. The highest BCUT2D eigenvalue weighted by Crippen LogP contribution is 1.90. The molecule has 1 unspecified atom stereocenters. The van der Waals surface area contributed by atoms with Gasteiger partial charge < -0.3 is 3.87 Å². The third-order valence-electron chi connectivity index (χ3n) is 0.457. The maximum atomic E-state index is 10.4. The smallest absolute Gasteiger partial charge is 0.272 e. The molecule has 0 aromatic carbocycles. The van der Waals surface area contributed by atoms with E-state index in [-0.39, 0.29) is 0 Å².